The number of amides is 1. The first-order chi connectivity index (χ1) is 12.7. The van der Waals surface area contributed by atoms with Crippen LogP contribution in [-0.4, -0.2) is 32.6 Å². The lowest BCUT2D eigenvalue weighted by Gasteiger charge is -2.16. The van der Waals surface area contributed by atoms with Gasteiger partial charge in [-0.3, -0.25) is 14.4 Å². The second kappa shape index (κ2) is 7.79. The minimum atomic E-state index is -3.30. The lowest BCUT2D eigenvalue weighted by molar-refractivity contribution is 0.102. The fraction of sp³-hybridized carbons (Fsp3) is 0.111. The van der Waals surface area contributed by atoms with E-state index >= 15 is 0 Å². The van der Waals surface area contributed by atoms with Crippen molar-refractivity contribution >= 4 is 54.0 Å². The summed E-state index contributed by atoms with van der Waals surface area (Å²) in [7, 11) is -1.80. The molecule has 0 atom stereocenters. The number of benzene rings is 2. The van der Waals surface area contributed by atoms with Crippen molar-refractivity contribution in [3.8, 4) is 11.3 Å². The number of nitrogens with zero attached hydrogens (tertiary/aromatic N) is 2. The van der Waals surface area contributed by atoms with Crippen LogP contribution in [0.4, 0.5) is 10.8 Å². The molecule has 0 aliphatic heterocycles. The summed E-state index contributed by atoms with van der Waals surface area (Å²) in [5, 5.41) is 5.12. The Morgan fingerprint density at radius 2 is 1.74 bits per heavy atom. The van der Waals surface area contributed by atoms with E-state index in [1.54, 1.807) is 48.5 Å². The molecule has 0 unspecified atom stereocenters. The number of carbonyl (C=O) groups is 1. The predicted octanol–water partition coefficient (Wildman–Crippen LogP) is 4.22. The molecule has 0 bridgehead atoms. The molecule has 27 heavy (non-hydrogen) atoms. The van der Waals surface area contributed by atoms with Crippen LogP contribution in [0, 0.1) is 0 Å². The summed E-state index contributed by atoms with van der Waals surface area (Å²) in [6, 6.07) is 14.1. The third kappa shape index (κ3) is 4.74. The van der Waals surface area contributed by atoms with Crippen molar-refractivity contribution in [2.24, 2.45) is 0 Å². The molecule has 0 spiro atoms. The van der Waals surface area contributed by atoms with Crippen LogP contribution in [0.2, 0.25) is 0 Å². The van der Waals surface area contributed by atoms with Gasteiger partial charge < -0.3 is 0 Å². The molecule has 0 aliphatic rings. The highest BCUT2D eigenvalue weighted by Gasteiger charge is 2.13. The molecule has 2 aromatic carbocycles. The molecule has 3 rings (SSSR count). The van der Waals surface area contributed by atoms with Crippen molar-refractivity contribution in [2.45, 2.75) is 0 Å². The summed E-state index contributed by atoms with van der Waals surface area (Å²) in [4.78, 5) is 16.7. The number of carbonyl (C=O) groups excluding carboxylic acids is 1. The van der Waals surface area contributed by atoms with Crippen LogP contribution in [-0.2, 0) is 10.0 Å². The van der Waals surface area contributed by atoms with Crippen LogP contribution in [0.15, 0.2) is 58.4 Å². The van der Waals surface area contributed by atoms with Gasteiger partial charge in [0.1, 0.15) is 0 Å². The number of thiazole rings is 1. The maximum absolute atomic E-state index is 12.3. The number of rotatable bonds is 5. The van der Waals surface area contributed by atoms with Gasteiger partial charge in [-0.15, -0.1) is 11.3 Å². The van der Waals surface area contributed by atoms with E-state index in [0.717, 1.165) is 16.3 Å². The zero-order valence-corrected chi connectivity index (χ0v) is 17.7. The molecule has 1 heterocycles. The van der Waals surface area contributed by atoms with Crippen LogP contribution in [0.5, 0.6) is 0 Å². The first kappa shape index (κ1) is 19.5. The van der Waals surface area contributed by atoms with Crippen LogP contribution < -0.4 is 9.62 Å². The van der Waals surface area contributed by atoms with Crippen molar-refractivity contribution < 1.29 is 13.2 Å². The van der Waals surface area contributed by atoms with Gasteiger partial charge in [0, 0.05) is 28.0 Å². The fourth-order valence-corrected chi connectivity index (χ4v) is 3.75. The Hall–Kier alpha value is -2.23. The largest absolute Gasteiger partial charge is 0.298 e. The summed E-state index contributed by atoms with van der Waals surface area (Å²) in [6.45, 7) is 0. The smallest absolute Gasteiger partial charge is 0.257 e. The summed E-state index contributed by atoms with van der Waals surface area (Å²) >= 11 is 4.66. The fourth-order valence-electron chi connectivity index (χ4n) is 2.27. The molecule has 3 aromatic rings. The van der Waals surface area contributed by atoms with E-state index in [1.165, 1.54) is 22.7 Å². The highest BCUT2D eigenvalue weighted by molar-refractivity contribution is 9.10. The Morgan fingerprint density at radius 3 is 2.33 bits per heavy atom. The number of sulfonamides is 1. The van der Waals surface area contributed by atoms with E-state index < -0.39 is 10.0 Å². The normalized spacial score (nSPS) is 11.2. The van der Waals surface area contributed by atoms with Gasteiger partial charge in [0.05, 0.1) is 17.6 Å². The maximum Gasteiger partial charge on any atom is 0.257 e. The van der Waals surface area contributed by atoms with Crippen molar-refractivity contribution in [3.63, 3.8) is 0 Å². The van der Waals surface area contributed by atoms with Gasteiger partial charge in [-0.05, 0) is 36.4 Å². The number of hydrogen-bond donors (Lipinski definition) is 1. The van der Waals surface area contributed by atoms with Gasteiger partial charge in [-0.1, -0.05) is 28.1 Å². The van der Waals surface area contributed by atoms with Gasteiger partial charge in [0.15, 0.2) is 5.13 Å². The van der Waals surface area contributed by atoms with E-state index in [0.29, 0.717) is 22.1 Å². The molecule has 0 saturated heterocycles. The van der Waals surface area contributed by atoms with Gasteiger partial charge in [-0.25, -0.2) is 13.4 Å². The van der Waals surface area contributed by atoms with E-state index in [1.807, 2.05) is 5.38 Å². The average Bonchev–Trinajstić information content (AvgIpc) is 3.09. The van der Waals surface area contributed by atoms with Crippen molar-refractivity contribution in [1.82, 2.24) is 4.98 Å². The number of hydrogen-bond acceptors (Lipinski definition) is 5. The minimum Gasteiger partial charge on any atom is -0.298 e. The second-order valence-electron chi connectivity index (χ2n) is 5.78. The number of aromatic nitrogens is 1. The zero-order valence-electron chi connectivity index (χ0n) is 14.5. The van der Waals surface area contributed by atoms with E-state index in [2.05, 4.69) is 26.2 Å². The third-order valence-electron chi connectivity index (χ3n) is 3.86. The molecule has 0 fully saturated rings. The summed E-state index contributed by atoms with van der Waals surface area (Å²) < 4.78 is 25.3. The third-order valence-corrected chi connectivity index (χ3v) is 6.35. The van der Waals surface area contributed by atoms with E-state index in [-0.39, 0.29) is 5.91 Å². The van der Waals surface area contributed by atoms with Crippen molar-refractivity contribution in [3.05, 3.63) is 63.9 Å². The number of halogens is 1. The highest BCUT2D eigenvalue weighted by atomic mass is 79.9. The Morgan fingerprint density at radius 1 is 1.11 bits per heavy atom. The molecule has 0 saturated carbocycles. The molecule has 9 heteroatoms. The molecular weight excluding hydrogens is 450 g/mol. The van der Waals surface area contributed by atoms with Crippen molar-refractivity contribution in [1.29, 1.82) is 0 Å². The predicted molar refractivity (Wildman–Crippen MR) is 113 cm³/mol. The lowest BCUT2D eigenvalue weighted by Crippen LogP contribution is -2.24. The molecule has 140 valence electrons. The molecule has 0 aliphatic carbocycles. The maximum atomic E-state index is 12.3. The highest BCUT2D eigenvalue weighted by Crippen LogP contribution is 2.27. The first-order valence-corrected chi connectivity index (χ1v) is 11.3. The van der Waals surface area contributed by atoms with Gasteiger partial charge in [0.25, 0.3) is 5.91 Å². The molecular formula is C18H16BrN3O3S2. The topological polar surface area (TPSA) is 79.4 Å². The molecule has 1 aromatic heterocycles. The minimum absolute atomic E-state index is 0.228. The number of nitrogens with one attached hydrogen (secondary N) is 1. The summed E-state index contributed by atoms with van der Waals surface area (Å²) in [6.07, 6.45) is 1.15. The molecule has 1 amide bonds. The Balaban J connectivity index is 1.74. The lowest BCUT2D eigenvalue weighted by atomic mass is 10.1. The molecule has 6 nitrogen and oxygen atoms in total. The van der Waals surface area contributed by atoms with Crippen LogP contribution in [0.25, 0.3) is 11.3 Å². The second-order valence-corrected chi connectivity index (χ2v) is 9.56. The summed E-state index contributed by atoms with van der Waals surface area (Å²) in [5.74, 6) is -0.228. The van der Waals surface area contributed by atoms with Crippen LogP contribution in [0.1, 0.15) is 10.4 Å². The zero-order chi connectivity index (χ0) is 19.6. The van der Waals surface area contributed by atoms with E-state index in [4.69, 9.17) is 0 Å². The Bertz CT molecular complexity index is 1060. The Kier molecular flexibility index (Phi) is 5.64. The average molecular weight is 466 g/mol. The first-order valence-electron chi connectivity index (χ1n) is 7.81. The standard InChI is InChI=1S/C18H16BrN3O3S2/c1-22(27(2,24)25)15-9-5-12(6-10-15)16-11-26-18(20-16)21-17(23)13-3-7-14(19)8-4-13/h3-11H,1-2H3,(H,20,21,23). The SMILES string of the molecule is CN(c1ccc(-c2csc(NC(=O)c3ccc(Br)cc3)n2)cc1)S(C)(=O)=O. The molecule has 1 N–H and O–H groups in total. The van der Waals surface area contributed by atoms with Gasteiger partial charge in [0.2, 0.25) is 10.0 Å². The van der Waals surface area contributed by atoms with Crippen molar-refractivity contribution in [2.75, 3.05) is 22.9 Å². The quantitative estimate of drug-likeness (QED) is 0.611. The van der Waals surface area contributed by atoms with E-state index in [9.17, 15) is 13.2 Å². The number of anilines is 2. The van der Waals surface area contributed by atoms with Crippen LogP contribution in [0.3, 0.4) is 0 Å². The Labute approximate surface area is 170 Å². The molecule has 0 radical (unpaired) electrons. The van der Waals surface area contributed by atoms with Crippen LogP contribution >= 0.6 is 27.3 Å². The monoisotopic (exact) mass is 465 g/mol. The van der Waals surface area contributed by atoms with Gasteiger partial charge in [-0.2, -0.15) is 0 Å². The van der Waals surface area contributed by atoms with Gasteiger partial charge >= 0.3 is 0 Å². The summed E-state index contributed by atoms with van der Waals surface area (Å²) in [5.41, 5.74) is 2.66.